The fourth-order valence-electron chi connectivity index (χ4n) is 0.861. The van der Waals surface area contributed by atoms with Crippen LogP contribution in [0.3, 0.4) is 0 Å². The first-order chi connectivity index (χ1) is 5.30. The molecule has 3 N–H and O–H groups in total. The Kier molecular flexibility index (Phi) is 3.51. The van der Waals surface area contributed by atoms with Crippen molar-refractivity contribution in [2.75, 3.05) is 0 Å². The molecule has 0 bridgehead atoms. The number of carbonyl (C=O) groups is 1. The molecule has 0 radical (unpaired) electrons. The van der Waals surface area contributed by atoms with Crippen molar-refractivity contribution in [2.45, 2.75) is 25.6 Å². The van der Waals surface area contributed by atoms with Gasteiger partial charge in [0.1, 0.15) is 6.04 Å². The summed E-state index contributed by atoms with van der Waals surface area (Å²) in [5, 5.41) is 8.22. The minimum atomic E-state index is -4.54. The quantitative estimate of drug-likeness (QED) is 0.689. The lowest BCUT2D eigenvalue weighted by Crippen LogP contribution is -2.44. The summed E-state index contributed by atoms with van der Waals surface area (Å²) in [6.45, 7) is 1.25. The molecule has 0 spiro atoms. The molecule has 6 heteroatoms. The van der Waals surface area contributed by atoms with Gasteiger partial charge in [-0.3, -0.25) is 4.79 Å². The molecule has 2 unspecified atom stereocenters. The van der Waals surface area contributed by atoms with E-state index in [1.54, 1.807) is 0 Å². The lowest BCUT2D eigenvalue weighted by Gasteiger charge is -2.21. The Balaban J connectivity index is 4.45. The Morgan fingerprint density at radius 1 is 1.58 bits per heavy atom. The van der Waals surface area contributed by atoms with Gasteiger partial charge in [-0.15, -0.1) is 0 Å². The van der Waals surface area contributed by atoms with E-state index >= 15 is 0 Å². The molecule has 0 aliphatic heterocycles. The van der Waals surface area contributed by atoms with E-state index in [0.29, 0.717) is 0 Å². The van der Waals surface area contributed by atoms with Gasteiger partial charge in [0.05, 0.1) is 5.92 Å². The van der Waals surface area contributed by atoms with Crippen LogP contribution >= 0.6 is 0 Å². The number of alkyl halides is 3. The Hall–Kier alpha value is -0.780. The van der Waals surface area contributed by atoms with Gasteiger partial charge in [0.25, 0.3) is 0 Å². The van der Waals surface area contributed by atoms with Crippen molar-refractivity contribution in [3.63, 3.8) is 0 Å². The molecule has 72 valence electrons. The highest BCUT2D eigenvalue weighted by Gasteiger charge is 2.44. The van der Waals surface area contributed by atoms with Crippen LogP contribution in [0.1, 0.15) is 13.3 Å². The van der Waals surface area contributed by atoms with Gasteiger partial charge in [0, 0.05) is 0 Å². The van der Waals surface area contributed by atoms with Crippen LogP contribution in [0.15, 0.2) is 0 Å². The van der Waals surface area contributed by atoms with E-state index in [2.05, 4.69) is 0 Å². The van der Waals surface area contributed by atoms with Crippen molar-refractivity contribution in [1.82, 2.24) is 0 Å². The second-order valence-electron chi connectivity index (χ2n) is 2.42. The number of halogens is 3. The average molecular weight is 185 g/mol. The van der Waals surface area contributed by atoms with Crippen LogP contribution in [0.25, 0.3) is 0 Å². The van der Waals surface area contributed by atoms with Gasteiger partial charge in [0.15, 0.2) is 0 Å². The predicted octanol–water partition coefficient (Wildman–Crippen LogP) is 0.987. The number of carboxylic acids is 1. The summed E-state index contributed by atoms with van der Waals surface area (Å²) in [6, 6.07) is -1.87. The Bertz CT molecular complexity index is 169. The number of carboxylic acid groups (broad SMARTS) is 1. The number of hydrogen-bond acceptors (Lipinski definition) is 2. The lowest BCUT2D eigenvalue weighted by atomic mass is 9.97. The molecule has 0 saturated heterocycles. The molecule has 3 nitrogen and oxygen atoms in total. The third-order valence-electron chi connectivity index (χ3n) is 1.58. The summed E-state index contributed by atoms with van der Waals surface area (Å²) in [5.74, 6) is -3.59. The Labute approximate surface area is 67.4 Å². The molecule has 0 aliphatic carbocycles. The third-order valence-corrected chi connectivity index (χ3v) is 1.58. The highest BCUT2D eigenvalue weighted by atomic mass is 19.4. The molecule has 0 aromatic carbocycles. The van der Waals surface area contributed by atoms with E-state index in [9.17, 15) is 18.0 Å². The monoisotopic (exact) mass is 185 g/mol. The normalized spacial score (nSPS) is 17.1. The van der Waals surface area contributed by atoms with Crippen LogP contribution in [0.5, 0.6) is 0 Å². The van der Waals surface area contributed by atoms with Crippen molar-refractivity contribution in [3.8, 4) is 0 Å². The zero-order chi connectivity index (χ0) is 9.94. The first-order valence-electron chi connectivity index (χ1n) is 3.35. The van der Waals surface area contributed by atoms with Gasteiger partial charge in [0.2, 0.25) is 0 Å². The van der Waals surface area contributed by atoms with Crippen molar-refractivity contribution < 1.29 is 23.1 Å². The van der Waals surface area contributed by atoms with Crippen LogP contribution in [-0.4, -0.2) is 23.3 Å². The maximum Gasteiger partial charge on any atom is 0.393 e. The molecular weight excluding hydrogens is 175 g/mol. The smallest absolute Gasteiger partial charge is 0.393 e. The topological polar surface area (TPSA) is 63.3 Å². The van der Waals surface area contributed by atoms with Gasteiger partial charge in [-0.25, -0.2) is 0 Å². The average Bonchev–Trinajstić information content (AvgIpc) is 1.85. The van der Waals surface area contributed by atoms with Crippen LogP contribution in [0, 0.1) is 5.92 Å². The molecule has 0 rings (SSSR count). The molecule has 0 aromatic rings. The molecule has 0 fully saturated rings. The second-order valence-corrected chi connectivity index (χ2v) is 2.42. The Morgan fingerprint density at radius 2 is 2.00 bits per heavy atom. The van der Waals surface area contributed by atoms with E-state index < -0.39 is 24.1 Å². The number of aliphatic carboxylic acids is 1. The SMILES string of the molecule is CCC(C(N)C(=O)O)C(F)(F)F. The largest absolute Gasteiger partial charge is 0.480 e. The Morgan fingerprint density at radius 3 is 2.08 bits per heavy atom. The highest BCUT2D eigenvalue weighted by Crippen LogP contribution is 2.30. The first-order valence-corrected chi connectivity index (χ1v) is 3.35. The van der Waals surface area contributed by atoms with E-state index in [1.807, 2.05) is 0 Å². The molecule has 12 heavy (non-hydrogen) atoms. The molecule has 0 aliphatic rings. The minimum Gasteiger partial charge on any atom is -0.480 e. The predicted molar refractivity (Wildman–Crippen MR) is 35.4 cm³/mol. The summed E-state index contributed by atoms with van der Waals surface area (Å²) < 4.78 is 36.0. The number of rotatable bonds is 3. The van der Waals surface area contributed by atoms with Gasteiger partial charge in [-0.1, -0.05) is 6.92 Å². The van der Waals surface area contributed by atoms with Crippen LogP contribution in [0.2, 0.25) is 0 Å². The molecular formula is C6H10F3NO2. The van der Waals surface area contributed by atoms with Gasteiger partial charge >= 0.3 is 12.1 Å². The molecule has 0 heterocycles. The number of hydrogen-bond donors (Lipinski definition) is 2. The summed E-state index contributed by atoms with van der Waals surface area (Å²) in [4.78, 5) is 10.1. The molecule has 0 saturated carbocycles. The lowest BCUT2D eigenvalue weighted by molar-refractivity contribution is -0.187. The standard InChI is InChI=1S/C6H10F3NO2/c1-2-3(6(7,8)9)4(10)5(11)12/h3-4H,2,10H2,1H3,(H,11,12). The zero-order valence-corrected chi connectivity index (χ0v) is 6.43. The summed E-state index contributed by atoms with van der Waals surface area (Å²) >= 11 is 0. The zero-order valence-electron chi connectivity index (χ0n) is 6.43. The second kappa shape index (κ2) is 3.75. The van der Waals surface area contributed by atoms with Gasteiger partial charge < -0.3 is 10.8 Å². The fourth-order valence-corrected chi connectivity index (χ4v) is 0.861. The van der Waals surface area contributed by atoms with Crippen molar-refractivity contribution in [3.05, 3.63) is 0 Å². The maximum absolute atomic E-state index is 12.0. The van der Waals surface area contributed by atoms with E-state index in [0.717, 1.165) is 0 Å². The van der Waals surface area contributed by atoms with Crippen molar-refractivity contribution >= 4 is 5.97 Å². The molecule has 0 amide bonds. The van der Waals surface area contributed by atoms with E-state index in [4.69, 9.17) is 10.8 Å². The number of nitrogens with two attached hydrogens (primary N) is 1. The highest BCUT2D eigenvalue weighted by molar-refractivity contribution is 5.73. The first kappa shape index (κ1) is 11.2. The summed E-state index contributed by atoms with van der Waals surface area (Å²) in [5.41, 5.74) is 4.84. The van der Waals surface area contributed by atoms with Gasteiger partial charge in [-0.2, -0.15) is 13.2 Å². The van der Waals surface area contributed by atoms with E-state index in [1.165, 1.54) is 6.92 Å². The maximum atomic E-state index is 12.0. The minimum absolute atomic E-state index is 0.322. The third kappa shape index (κ3) is 2.69. The summed E-state index contributed by atoms with van der Waals surface area (Å²) in [7, 11) is 0. The molecule has 2 atom stereocenters. The summed E-state index contributed by atoms with van der Waals surface area (Å²) in [6.07, 6.45) is -4.86. The van der Waals surface area contributed by atoms with Crippen LogP contribution in [-0.2, 0) is 4.79 Å². The van der Waals surface area contributed by atoms with Crippen LogP contribution in [0.4, 0.5) is 13.2 Å². The van der Waals surface area contributed by atoms with Crippen LogP contribution < -0.4 is 5.73 Å². The van der Waals surface area contributed by atoms with E-state index in [-0.39, 0.29) is 6.42 Å². The van der Waals surface area contributed by atoms with Crippen molar-refractivity contribution in [2.24, 2.45) is 11.7 Å². The molecule has 0 aromatic heterocycles. The fraction of sp³-hybridized carbons (Fsp3) is 0.833. The van der Waals surface area contributed by atoms with Crippen molar-refractivity contribution in [1.29, 1.82) is 0 Å². The van der Waals surface area contributed by atoms with Gasteiger partial charge in [-0.05, 0) is 6.42 Å².